The molecule has 0 amide bonds. The van der Waals surface area contributed by atoms with E-state index in [1.54, 1.807) is 0 Å². The van der Waals surface area contributed by atoms with Gasteiger partial charge in [0.15, 0.2) is 0 Å². The molecule has 2 N–H and O–H groups in total. The first-order chi connectivity index (χ1) is 9.15. The van der Waals surface area contributed by atoms with E-state index in [1.165, 1.54) is 17.7 Å². The van der Waals surface area contributed by atoms with Gasteiger partial charge in [-0.05, 0) is 37.2 Å². The maximum atomic E-state index is 6.05. The van der Waals surface area contributed by atoms with E-state index in [4.69, 9.17) is 10.7 Å². The Balaban J connectivity index is 1.88. The number of aryl methyl sites for hydroxylation is 1. The molecular formula is C15H24N4. The number of hydrogen-bond donors (Lipinski definition) is 1. The zero-order valence-electron chi connectivity index (χ0n) is 12.0. The second-order valence-electron chi connectivity index (χ2n) is 6.23. The van der Waals surface area contributed by atoms with Crippen molar-refractivity contribution in [3.05, 3.63) is 17.5 Å². The zero-order valence-corrected chi connectivity index (χ0v) is 12.0. The minimum atomic E-state index is 0.268. The van der Waals surface area contributed by atoms with Crippen molar-refractivity contribution in [2.45, 2.75) is 51.5 Å². The largest absolute Gasteiger partial charge is 0.339 e. The predicted octanol–water partition coefficient (Wildman–Crippen LogP) is 2.09. The van der Waals surface area contributed by atoms with Gasteiger partial charge >= 0.3 is 0 Å². The Kier molecular flexibility index (Phi) is 3.44. The van der Waals surface area contributed by atoms with Gasteiger partial charge in [-0.25, -0.2) is 9.97 Å². The van der Waals surface area contributed by atoms with E-state index in [2.05, 4.69) is 23.7 Å². The summed E-state index contributed by atoms with van der Waals surface area (Å²) in [6, 6.07) is 0.268. The van der Waals surface area contributed by atoms with E-state index in [1.807, 2.05) is 6.20 Å². The minimum absolute atomic E-state index is 0.268. The maximum absolute atomic E-state index is 6.05. The molecule has 0 radical (unpaired) electrons. The van der Waals surface area contributed by atoms with Crippen LogP contribution < -0.4 is 10.6 Å². The van der Waals surface area contributed by atoms with Gasteiger partial charge in [0.2, 0.25) is 5.95 Å². The standard InChI is InChI=1S/C15H24N4/c1-10-5-6-12-8-17-15(18-14(12)11(10)2)19-7-3-4-13(16)9-19/h8,10-11,13H,3-7,9,16H2,1-2H3. The van der Waals surface area contributed by atoms with E-state index in [0.29, 0.717) is 5.92 Å². The van der Waals surface area contributed by atoms with E-state index < -0.39 is 0 Å². The lowest BCUT2D eigenvalue weighted by atomic mass is 9.80. The summed E-state index contributed by atoms with van der Waals surface area (Å²) in [6.45, 7) is 6.55. The van der Waals surface area contributed by atoms with Crippen LogP contribution in [0.3, 0.4) is 0 Å². The summed E-state index contributed by atoms with van der Waals surface area (Å²) in [5.74, 6) is 2.15. The van der Waals surface area contributed by atoms with Gasteiger partial charge < -0.3 is 10.6 Å². The highest BCUT2D eigenvalue weighted by Gasteiger charge is 2.26. The normalized spacial score (nSPS) is 31.1. The van der Waals surface area contributed by atoms with Crippen molar-refractivity contribution >= 4 is 5.95 Å². The molecule has 1 fully saturated rings. The molecule has 1 aliphatic carbocycles. The van der Waals surface area contributed by atoms with Gasteiger partial charge in [-0.15, -0.1) is 0 Å². The third kappa shape index (κ3) is 2.46. The van der Waals surface area contributed by atoms with Gasteiger partial charge in [-0.2, -0.15) is 0 Å². The van der Waals surface area contributed by atoms with Crippen molar-refractivity contribution in [1.82, 2.24) is 9.97 Å². The van der Waals surface area contributed by atoms with Gasteiger partial charge in [0, 0.05) is 31.2 Å². The highest BCUT2D eigenvalue weighted by Crippen LogP contribution is 2.34. The molecule has 3 rings (SSSR count). The smallest absolute Gasteiger partial charge is 0.225 e. The molecule has 2 heterocycles. The van der Waals surface area contributed by atoms with Crippen molar-refractivity contribution in [2.75, 3.05) is 18.0 Å². The number of piperidine rings is 1. The van der Waals surface area contributed by atoms with Crippen LogP contribution in [0.2, 0.25) is 0 Å². The molecule has 1 saturated heterocycles. The molecule has 0 saturated carbocycles. The van der Waals surface area contributed by atoms with Crippen LogP contribution in [0.15, 0.2) is 6.20 Å². The van der Waals surface area contributed by atoms with Crippen molar-refractivity contribution < 1.29 is 0 Å². The third-order valence-electron chi connectivity index (χ3n) is 4.78. The fraction of sp³-hybridized carbons (Fsp3) is 0.733. The van der Waals surface area contributed by atoms with Gasteiger partial charge in [-0.3, -0.25) is 0 Å². The van der Waals surface area contributed by atoms with Gasteiger partial charge in [0.1, 0.15) is 0 Å². The zero-order chi connectivity index (χ0) is 13.4. The molecule has 3 atom stereocenters. The molecule has 0 spiro atoms. The molecule has 4 nitrogen and oxygen atoms in total. The van der Waals surface area contributed by atoms with Crippen LogP contribution >= 0.6 is 0 Å². The molecule has 0 bridgehead atoms. The Morgan fingerprint density at radius 3 is 2.95 bits per heavy atom. The predicted molar refractivity (Wildman–Crippen MR) is 77.4 cm³/mol. The molecule has 4 heteroatoms. The summed E-state index contributed by atoms with van der Waals surface area (Å²) >= 11 is 0. The van der Waals surface area contributed by atoms with Gasteiger partial charge in [0.25, 0.3) is 0 Å². The molecule has 3 unspecified atom stereocenters. The van der Waals surface area contributed by atoms with Gasteiger partial charge in [0.05, 0.1) is 5.69 Å². The second-order valence-corrected chi connectivity index (χ2v) is 6.23. The first-order valence-corrected chi connectivity index (χ1v) is 7.51. The fourth-order valence-corrected chi connectivity index (χ4v) is 3.24. The summed E-state index contributed by atoms with van der Waals surface area (Å²) < 4.78 is 0. The summed E-state index contributed by atoms with van der Waals surface area (Å²) in [4.78, 5) is 11.7. The summed E-state index contributed by atoms with van der Waals surface area (Å²) in [5.41, 5.74) is 8.66. The lowest BCUT2D eigenvalue weighted by molar-refractivity contribution is 0.414. The number of aromatic nitrogens is 2. The third-order valence-corrected chi connectivity index (χ3v) is 4.78. The average Bonchev–Trinajstić information content (AvgIpc) is 2.43. The van der Waals surface area contributed by atoms with Crippen LogP contribution in [0, 0.1) is 5.92 Å². The van der Waals surface area contributed by atoms with Crippen LogP contribution in [-0.2, 0) is 6.42 Å². The van der Waals surface area contributed by atoms with Crippen LogP contribution in [-0.4, -0.2) is 29.1 Å². The molecule has 1 aliphatic heterocycles. The quantitative estimate of drug-likeness (QED) is 0.840. The molecule has 104 valence electrons. The molecular weight excluding hydrogens is 236 g/mol. The highest BCUT2D eigenvalue weighted by atomic mass is 15.3. The minimum Gasteiger partial charge on any atom is -0.339 e. The highest BCUT2D eigenvalue weighted by molar-refractivity contribution is 5.36. The SMILES string of the molecule is CC1CCc2cnc(N3CCCC(N)C3)nc2C1C. The molecule has 0 aromatic carbocycles. The second kappa shape index (κ2) is 5.08. The number of hydrogen-bond acceptors (Lipinski definition) is 4. The van der Waals surface area contributed by atoms with E-state index in [0.717, 1.165) is 44.2 Å². The summed E-state index contributed by atoms with van der Waals surface area (Å²) in [7, 11) is 0. The number of fused-ring (bicyclic) bond motifs is 1. The Bertz CT molecular complexity index is 459. The average molecular weight is 260 g/mol. The number of nitrogens with zero attached hydrogens (tertiary/aromatic N) is 3. The molecule has 19 heavy (non-hydrogen) atoms. The monoisotopic (exact) mass is 260 g/mol. The Labute approximate surface area is 115 Å². The lowest BCUT2D eigenvalue weighted by Gasteiger charge is -2.33. The maximum Gasteiger partial charge on any atom is 0.225 e. The molecule has 1 aromatic heterocycles. The Morgan fingerprint density at radius 1 is 1.32 bits per heavy atom. The van der Waals surface area contributed by atoms with Crippen LogP contribution in [0.25, 0.3) is 0 Å². The molecule has 1 aromatic rings. The summed E-state index contributed by atoms with van der Waals surface area (Å²) in [5, 5.41) is 0. The Hall–Kier alpha value is -1.16. The fourth-order valence-electron chi connectivity index (χ4n) is 3.24. The van der Waals surface area contributed by atoms with E-state index in [-0.39, 0.29) is 6.04 Å². The van der Waals surface area contributed by atoms with E-state index in [9.17, 15) is 0 Å². The number of rotatable bonds is 1. The lowest BCUT2D eigenvalue weighted by Crippen LogP contribution is -2.43. The van der Waals surface area contributed by atoms with Crippen molar-refractivity contribution in [2.24, 2.45) is 11.7 Å². The van der Waals surface area contributed by atoms with Crippen LogP contribution in [0.1, 0.15) is 50.3 Å². The number of anilines is 1. The van der Waals surface area contributed by atoms with Crippen molar-refractivity contribution in [3.63, 3.8) is 0 Å². The van der Waals surface area contributed by atoms with E-state index >= 15 is 0 Å². The number of nitrogens with two attached hydrogens (primary N) is 1. The van der Waals surface area contributed by atoms with Crippen LogP contribution in [0.5, 0.6) is 0 Å². The first-order valence-electron chi connectivity index (χ1n) is 7.51. The molecule has 2 aliphatic rings. The van der Waals surface area contributed by atoms with Crippen molar-refractivity contribution in [1.29, 1.82) is 0 Å². The van der Waals surface area contributed by atoms with Crippen molar-refractivity contribution in [3.8, 4) is 0 Å². The summed E-state index contributed by atoms with van der Waals surface area (Å²) in [6.07, 6.45) is 6.69. The Morgan fingerprint density at radius 2 is 2.16 bits per heavy atom. The van der Waals surface area contributed by atoms with Gasteiger partial charge in [-0.1, -0.05) is 13.8 Å². The first kappa shape index (κ1) is 12.9. The van der Waals surface area contributed by atoms with Crippen LogP contribution in [0.4, 0.5) is 5.95 Å². The topological polar surface area (TPSA) is 55.0 Å².